The summed E-state index contributed by atoms with van der Waals surface area (Å²) in [6.07, 6.45) is 5.51. The normalized spacial score (nSPS) is 29.8. The fraction of sp³-hybridized carbons (Fsp3) is 1.00. The lowest BCUT2D eigenvalue weighted by Crippen LogP contribution is -2.37. The van der Waals surface area contributed by atoms with E-state index in [0.29, 0.717) is 11.5 Å². The molecule has 0 spiro atoms. The van der Waals surface area contributed by atoms with E-state index in [1.54, 1.807) is 0 Å². The Labute approximate surface area is 84.0 Å². The molecule has 0 aromatic carbocycles. The van der Waals surface area contributed by atoms with Gasteiger partial charge in [0.05, 0.1) is 6.10 Å². The molecule has 1 aliphatic rings. The minimum atomic E-state index is 0.348. The number of rotatable bonds is 3. The van der Waals surface area contributed by atoms with Crippen LogP contribution in [-0.4, -0.2) is 18.0 Å². The van der Waals surface area contributed by atoms with Crippen LogP contribution < -0.4 is 0 Å². The first-order valence-corrected chi connectivity index (χ1v) is 6.02. The Morgan fingerprint density at radius 1 is 1.50 bits per heavy atom. The smallest absolute Gasteiger partial charge is 0.0636 e. The molecule has 2 unspecified atom stereocenters. The molecule has 1 rings (SSSR count). The first-order chi connectivity index (χ1) is 5.73. The predicted molar refractivity (Wildman–Crippen MR) is 55.8 cm³/mol. The average molecular weight is 235 g/mol. The van der Waals surface area contributed by atoms with E-state index in [1.807, 2.05) is 0 Å². The van der Waals surface area contributed by atoms with Crippen molar-refractivity contribution in [3.8, 4) is 0 Å². The summed E-state index contributed by atoms with van der Waals surface area (Å²) in [5.41, 5.74) is 0.348. The van der Waals surface area contributed by atoms with E-state index in [-0.39, 0.29) is 0 Å². The Balaban J connectivity index is 2.51. The van der Waals surface area contributed by atoms with Crippen molar-refractivity contribution in [3.05, 3.63) is 0 Å². The van der Waals surface area contributed by atoms with Gasteiger partial charge in [0.1, 0.15) is 0 Å². The van der Waals surface area contributed by atoms with Gasteiger partial charge in [-0.1, -0.05) is 29.8 Å². The molecule has 0 bridgehead atoms. The highest BCUT2D eigenvalue weighted by Crippen LogP contribution is 2.35. The highest BCUT2D eigenvalue weighted by Gasteiger charge is 2.33. The van der Waals surface area contributed by atoms with Crippen LogP contribution in [0.3, 0.4) is 0 Å². The third kappa shape index (κ3) is 2.23. The summed E-state index contributed by atoms with van der Waals surface area (Å²) < 4.78 is 5.79. The summed E-state index contributed by atoms with van der Waals surface area (Å²) in [6.45, 7) is 5.53. The molecule has 0 aliphatic carbocycles. The van der Waals surface area contributed by atoms with E-state index in [2.05, 4.69) is 29.8 Å². The van der Waals surface area contributed by atoms with Crippen LogP contribution in [-0.2, 0) is 4.74 Å². The fourth-order valence-electron chi connectivity index (χ4n) is 1.70. The molecule has 2 atom stereocenters. The highest BCUT2D eigenvalue weighted by atomic mass is 79.9. The van der Waals surface area contributed by atoms with Crippen molar-refractivity contribution in [2.24, 2.45) is 5.41 Å². The lowest BCUT2D eigenvalue weighted by Gasteiger charge is -2.37. The Morgan fingerprint density at radius 2 is 2.25 bits per heavy atom. The summed E-state index contributed by atoms with van der Waals surface area (Å²) in [5.74, 6) is 0. The third-order valence-electron chi connectivity index (χ3n) is 3.07. The van der Waals surface area contributed by atoms with Gasteiger partial charge in [-0.05, 0) is 25.7 Å². The first-order valence-electron chi connectivity index (χ1n) is 4.90. The molecule has 1 fully saturated rings. The van der Waals surface area contributed by atoms with Crippen molar-refractivity contribution in [3.63, 3.8) is 0 Å². The Kier molecular flexibility index (Phi) is 4.04. The molecule has 72 valence electrons. The minimum absolute atomic E-state index is 0.348. The second kappa shape index (κ2) is 4.61. The third-order valence-corrected chi connectivity index (χ3v) is 4.35. The van der Waals surface area contributed by atoms with Crippen LogP contribution in [0.4, 0.5) is 0 Å². The van der Waals surface area contributed by atoms with Gasteiger partial charge in [-0.3, -0.25) is 0 Å². The van der Waals surface area contributed by atoms with Crippen LogP contribution in [0.25, 0.3) is 0 Å². The van der Waals surface area contributed by atoms with Gasteiger partial charge >= 0.3 is 0 Å². The predicted octanol–water partition coefficient (Wildman–Crippen LogP) is 3.37. The van der Waals surface area contributed by atoms with Gasteiger partial charge in [0.15, 0.2) is 0 Å². The molecule has 0 aromatic rings. The molecule has 12 heavy (non-hydrogen) atoms. The summed E-state index contributed by atoms with van der Waals surface area (Å²) in [5, 5.41) is 1.06. The van der Waals surface area contributed by atoms with Crippen molar-refractivity contribution in [2.75, 3.05) is 11.9 Å². The minimum Gasteiger partial charge on any atom is -0.378 e. The molecule has 0 amide bonds. The van der Waals surface area contributed by atoms with Gasteiger partial charge in [0.2, 0.25) is 0 Å². The second-order valence-corrected chi connectivity index (χ2v) is 4.56. The van der Waals surface area contributed by atoms with Crippen molar-refractivity contribution in [2.45, 2.75) is 45.6 Å². The maximum atomic E-state index is 5.79. The van der Waals surface area contributed by atoms with Crippen molar-refractivity contribution in [1.29, 1.82) is 0 Å². The summed E-state index contributed by atoms with van der Waals surface area (Å²) in [7, 11) is 0. The lowest BCUT2D eigenvalue weighted by molar-refractivity contribution is -0.0534. The van der Waals surface area contributed by atoms with Gasteiger partial charge < -0.3 is 4.74 Å². The monoisotopic (exact) mass is 234 g/mol. The molecular weight excluding hydrogens is 216 g/mol. The summed E-state index contributed by atoms with van der Waals surface area (Å²) in [4.78, 5) is 0. The van der Waals surface area contributed by atoms with E-state index in [9.17, 15) is 0 Å². The zero-order chi connectivity index (χ0) is 9.03. The van der Waals surface area contributed by atoms with Crippen LogP contribution in [0.15, 0.2) is 0 Å². The van der Waals surface area contributed by atoms with Gasteiger partial charge in [-0.25, -0.2) is 0 Å². The molecule has 1 aliphatic heterocycles. The van der Waals surface area contributed by atoms with Crippen LogP contribution in [0.2, 0.25) is 0 Å². The molecule has 1 saturated heterocycles. The van der Waals surface area contributed by atoms with Crippen molar-refractivity contribution in [1.82, 2.24) is 0 Å². The lowest BCUT2D eigenvalue weighted by atomic mass is 9.80. The van der Waals surface area contributed by atoms with E-state index >= 15 is 0 Å². The second-order valence-electron chi connectivity index (χ2n) is 4.00. The molecular formula is C10H19BrO. The summed E-state index contributed by atoms with van der Waals surface area (Å²) >= 11 is 3.59. The number of hydrogen-bond acceptors (Lipinski definition) is 1. The SMILES string of the molecule is CCC(C)(CBr)C1CCCCO1. The Bertz CT molecular complexity index is 126. The first kappa shape index (κ1) is 10.5. The highest BCUT2D eigenvalue weighted by molar-refractivity contribution is 9.09. The van der Waals surface area contributed by atoms with Crippen LogP contribution >= 0.6 is 15.9 Å². The largest absolute Gasteiger partial charge is 0.378 e. The van der Waals surface area contributed by atoms with E-state index in [4.69, 9.17) is 4.74 Å². The van der Waals surface area contributed by atoms with Gasteiger partial charge in [-0.15, -0.1) is 0 Å². The van der Waals surface area contributed by atoms with Gasteiger partial charge in [0, 0.05) is 17.4 Å². The van der Waals surface area contributed by atoms with Gasteiger partial charge in [0.25, 0.3) is 0 Å². The number of hydrogen-bond donors (Lipinski definition) is 0. The van der Waals surface area contributed by atoms with E-state index < -0.39 is 0 Å². The van der Waals surface area contributed by atoms with Crippen molar-refractivity contribution >= 4 is 15.9 Å². The maximum absolute atomic E-state index is 5.79. The summed E-state index contributed by atoms with van der Waals surface area (Å²) in [6, 6.07) is 0. The molecule has 0 saturated carbocycles. The zero-order valence-electron chi connectivity index (χ0n) is 8.11. The standard InChI is InChI=1S/C10H19BrO/c1-3-10(2,8-11)9-6-4-5-7-12-9/h9H,3-8H2,1-2H3. The molecule has 0 aromatic heterocycles. The molecule has 0 radical (unpaired) electrons. The number of alkyl halides is 1. The fourth-order valence-corrected chi connectivity index (χ4v) is 2.46. The molecule has 2 heteroatoms. The quantitative estimate of drug-likeness (QED) is 0.681. The average Bonchev–Trinajstić information content (AvgIpc) is 2.18. The van der Waals surface area contributed by atoms with Crippen molar-refractivity contribution < 1.29 is 4.74 Å². The molecule has 0 N–H and O–H groups in total. The molecule has 1 heterocycles. The molecule has 1 nitrogen and oxygen atoms in total. The number of halogens is 1. The van der Waals surface area contributed by atoms with E-state index in [1.165, 1.54) is 25.7 Å². The Hall–Kier alpha value is 0.440. The van der Waals surface area contributed by atoms with Crippen LogP contribution in [0, 0.1) is 5.41 Å². The number of ether oxygens (including phenoxy) is 1. The van der Waals surface area contributed by atoms with Crippen LogP contribution in [0.1, 0.15) is 39.5 Å². The zero-order valence-corrected chi connectivity index (χ0v) is 9.69. The maximum Gasteiger partial charge on any atom is 0.0636 e. The van der Waals surface area contributed by atoms with Crippen LogP contribution in [0.5, 0.6) is 0 Å². The topological polar surface area (TPSA) is 9.23 Å². The van der Waals surface area contributed by atoms with Gasteiger partial charge in [-0.2, -0.15) is 0 Å². The Morgan fingerprint density at radius 3 is 2.67 bits per heavy atom. The van der Waals surface area contributed by atoms with E-state index in [0.717, 1.165) is 11.9 Å².